The van der Waals surface area contributed by atoms with Crippen LogP contribution in [0.25, 0.3) is 0 Å². The van der Waals surface area contributed by atoms with Crippen LogP contribution in [0.2, 0.25) is 0 Å². The van der Waals surface area contributed by atoms with Gasteiger partial charge in [0.15, 0.2) is 0 Å². The molecule has 1 aliphatic rings. The highest BCUT2D eigenvalue weighted by Crippen LogP contribution is 2.27. The molecule has 1 aliphatic heterocycles. The quantitative estimate of drug-likeness (QED) is 0.907. The molecule has 1 N–H and O–H groups in total. The molecule has 118 valence electrons. The van der Waals surface area contributed by atoms with Crippen molar-refractivity contribution in [3.63, 3.8) is 0 Å². The number of aryl methyl sites for hydroxylation is 2. The fourth-order valence-corrected chi connectivity index (χ4v) is 3.78. The number of nitrogens with one attached hydrogen (secondary N) is 1. The Kier molecular flexibility index (Phi) is 5.36. The van der Waals surface area contributed by atoms with Crippen molar-refractivity contribution in [2.75, 3.05) is 18.1 Å². The van der Waals surface area contributed by atoms with Gasteiger partial charge in [-0.2, -0.15) is 17.0 Å². The molecule has 0 radical (unpaired) electrons. The fraction of sp³-hybridized carbons (Fsp3) is 0.529. The Morgan fingerprint density at radius 3 is 2.86 bits per heavy atom. The third-order valence-corrected chi connectivity index (χ3v) is 5.15. The molecule has 0 aromatic heterocycles. The lowest BCUT2D eigenvalue weighted by Crippen LogP contribution is -2.47. The van der Waals surface area contributed by atoms with Crippen LogP contribution in [-0.4, -0.2) is 29.6 Å². The van der Waals surface area contributed by atoms with Gasteiger partial charge in [0, 0.05) is 5.75 Å². The second-order valence-corrected chi connectivity index (χ2v) is 6.95. The summed E-state index contributed by atoms with van der Waals surface area (Å²) < 4.78 is 5.75. The van der Waals surface area contributed by atoms with Crippen LogP contribution in [0.3, 0.4) is 0 Å². The second kappa shape index (κ2) is 7.06. The fourth-order valence-electron chi connectivity index (χ4n) is 2.51. The molecular formula is C17H22N2O2S. The molecule has 1 unspecified atom stereocenters. The summed E-state index contributed by atoms with van der Waals surface area (Å²) in [7, 11) is 0. The van der Waals surface area contributed by atoms with E-state index in [4.69, 9.17) is 4.74 Å². The standard InChI is InChI=1S/C17H22N2O2S/c1-12-8-13(2)14(3)15(9-12)21-6-4-16(20)19-17(10-18)5-7-22-11-17/h8-9H,4-7,11H2,1-3H3,(H,19,20). The summed E-state index contributed by atoms with van der Waals surface area (Å²) in [6, 6.07) is 6.35. The van der Waals surface area contributed by atoms with Crippen molar-refractivity contribution in [3.05, 3.63) is 28.8 Å². The summed E-state index contributed by atoms with van der Waals surface area (Å²) in [5.41, 5.74) is 2.75. The van der Waals surface area contributed by atoms with E-state index >= 15 is 0 Å². The maximum Gasteiger partial charge on any atom is 0.224 e. The normalized spacial score (nSPS) is 20.5. The van der Waals surface area contributed by atoms with Gasteiger partial charge >= 0.3 is 0 Å². The molecule has 1 amide bonds. The molecule has 5 heteroatoms. The van der Waals surface area contributed by atoms with Crippen molar-refractivity contribution in [3.8, 4) is 11.8 Å². The zero-order valence-electron chi connectivity index (χ0n) is 13.4. The number of thioether (sulfide) groups is 1. The minimum absolute atomic E-state index is 0.119. The Hall–Kier alpha value is -1.67. The lowest BCUT2D eigenvalue weighted by atomic mass is 10.0. The van der Waals surface area contributed by atoms with E-state index in [0.717, 1.165) is 29.1 Å². The number of hydrogen-bond acceptors (Lipinski definition) is 4. The molecule has 2 rings (SSSR count). The first-order valence-electron chi connectivity index (χ1n) is 7.46. The first-order valence-corrected chi connectivity index (χ1v) is 8.62. The van der Waals surface area contributed by atoms with Crippen LogP contribution < -0.4 is 10.1 Å². The van der Waals surface area contributed by atoms with Crippen molar-refractivity contribution in [1.82, 2.24) is 5.32 Å². The molecule has 22 heavy (non-hydrogen) atoms. The van der Waals surface area contributed by atoms with Crippen LogP contribution in [0.1, 0.15) is 29.5 Å². The van der Waals surface area contributed by atoms with Crippen molar-refractivity contribution in [1.29, 1.82) is 5.26 Å². The van der Waals surface area contributed by atoms with Crippen molar-refractivity contribution in [2.24, 2.45) is 0 Å². The number of nitriles is 1. The van der Waals surface area contributed by atoms with Crippen molar-refractivity contribution < 1.29 is 9.53 Å². The predicted octanol–water partition coefficient (Wildman–Crippen LogP) is 2.90. The van der Waals surface area contributed by atoms with Gasteiger partial charge in [-0.3, -0.25) is 4.79 Å². The lowest BCUT2D eigenvalue weighted by molar-refractivity contribution is -0.122. The smallest absolute Gasteiger partial charge is 0.224 e. The molecule has 1 fully saturated rings. The number of benzene rings is 1. The van der Waals surface area contributed by atoms with Crippen molar-refractivity contribution >= 4 is 17.7 Å². The first kappa shape index (κ1) is 16.7. The molecule has 0 bridgehead atoms. The van der Waals surface area contributed by atoms with Gasteiger partial charge < -0.3 is 10.1 Å². The zero-order valence-corrected chi connectivity index (χ0v) is 14.2. The number of rotatable bonds is 5. The highest BCUT2D eigenvalue weighted by atomic mass is 32.2. The van der Waals surface area contributed by atoms with Crippen LogP contribution >= 0.6 is 11.8 Å². The van der Waals surface area contributed by atoms with Gasteiger partial charge in [0.1, 0.15) is 11.3 Å². The van der Waals surface area contributed by atoms with Gasteiger partial charge in [0.25, 0.3) is 0 Å². The maximum absolute atomic E-state index is 12.0. The summed E-state index contributed by atoms with van der Waals surface area (Å²) in [5.74, 6) is 2.31. The van der Waals surface area contributed by atoms with Gasteiger partial charge in [-0.1, -0.05) is 6.07 Å². The van der Waals surface area contributed by atoms with Gasteiger partial charge in [-0.05, 0) is 55.7 Å². The Morgan fingerprint density at radius 1 is 1.45 bits per heavy atom. The third-order valence-electron chi connectivity index (χ3n) is 3.97. The molecule has 1 saturated heterocycles. The Balaban J connectivity index is 1.86. The molecule has 0 saturated carbocycles. The summed E-state index contributed by atoms with van der Waals surface area (Å²) in [6.07, 6.45) is 0.984. The number of nitrogens with zero attached hydrogens (tertiary/aromatic N) is 1. The van der Waals surface area contributed by atoms with Gasteiger partial charge in [-0.15, -0.1) is 0 Å². The lowest BCUT2D eigenvalue weighted by Gasteiger charge is -2.21. The minimum Gasteiger partial charge on any atom is -0.493 e. The van der Waals surface area contributed by atoms with E-state index in [2.05, 4.69) is 24.4 Å². The Morgan fingerprint density at radius 2 is 2.23 bits per heavy atom. The number of amides is 1. The van der Waals surface area contributed by atoms with E-state index < -0.39 is 5.54 Å². The topological polar surface area (TPSA) is 62.1 Å². The van der Waals surface area contributed by atoms with Gasteiger partial charge in [0.05, 0.1) is 19.1 Å². The highest BCUT2D eigenvalue weighted by molar-refractivity contribution is 7.99. The third kappa shape index (κ3) is 3.95. The van der Waals surface area contributed by atoms with Gasteiger partial charge in [-0.25, -0.2) is 0 Å². The summed E-state index contributed by atoms with van der Waals surface area (Å²) in [5, 5.41) is 12.1. The number of carbonyl (C=O) groups is 1. The Labute approximate surface area is 136 Å². The second-order valence-electron chi connectivity index (χ2n) is 5.85. The zero-order chi connectivity index (χ0) is 16.2. The molecule has 1 atom stereocenters. The summed E-state index contributed by atoms with van der Waals surface area (Å²) >= 11 is 1.70. The molecule has 0 aliphatic carbocycles. The number of ether oxygens (including phenoxy) is 1. The first-order chi connectivity index (χ1) is 10.5. The van der Waals surface area contributed by atoms with Crippen LogP contribution in [-0.2, 0) is 4.79 Å². The van der Waals surface area contributed by atoms with Crippen LogP contribution in [0.15, 0.2) is 12.1 Å². The summed E-state index contributed by atoms with van der Waals surface area (Å²) in [4.78, 5) is 12.0. The molecule has 1 aromatic carbocycles. The number of hydrogen-bond donors (Lipinski definition) is 1. The largest absolute Gasteiger partial charge is 0.493 e. The van der Waals surface area contributed by atoms with E-state index in [0.29, 0.717) is 12.4 Å². The minimum atomic E-state index is -0.683. The van der Waals surface area contributed by atoms with E-state index in [9.17, 15) is 10.1 Å². The summed E-state index contributed by atoms with van der Waals surface area (Å²) in [6.45, 7) is 6.42. The monoisotopic (exact) mass is 318 g/mol. The van der Waals surface area contributed by atoms with Gasteiger partial charge in [0.2, 0.25) is 5.91 Å². The SMILES string of the molecule is Cc1cc(C)c(C)c(OCCC(=O)NC2(C#N)CCSC2)c1. The molecule has 4 nitrogen and oxygen atoms in total. The van der Waals surface area contributed by atoms with E-state index in [-0.39, 0.29) is 12.3 Å². The maximum atomic E-state index is 12.0. The molecule has 1 aromatic rings. The molecule has 1 heterocycles. The average Bonchev–Trinajstić information content (AvgIpc) is 2.93. The highest BCUT2D eigenvalue weighted by Gasteiger charge is 2.35. The Bertz CT molecular complexity index is 601. The van der Waals surface area contributed by atoms with E-state index in [1.165, 1.54) is 5.56 Å². The molecular weight excluding hydrogens is 296 g/mol. The van der Waals surface area contributed by atoms with Crippen LogP contribution in [0.4, 0.5) is 0 Å². The van der Waals surface area contributed by atoms with Crippen LogP contribution in [0.5, 0.6) is 5.75 Å². The van der Waals surface area contributed by atoms with Crippen LogP contribution in [0, 0.1) is 32.1 Å². The average molecular weight is 318 g/mol. The molecule has 0 spiro atoms. The number of carbonyl (C=O) groups excluding carboxylic acids is 1. The van der Waals surface area contributed by atoms with E-state index in [1.54, 1.807) is 11.8 Å². The van der Waals surface area contributed by atoms with E-state index in [1.807, 2.05) is 19.9 Å². The van der Waals surface area contributed by atoms with Crippen molar-refractivity contribution in [2.45, 2.75) is 39.2 Å². The predicted molar refractivity (Wildman–Crippen MR) is 89.2 cm³/mol.